The molecule has 27 heavy (non-hydrogen) atoms. The van der Waals surface area contributed by atoms with Gasteiger partial charge in [-0.25, -0.2) is 4.79 Å². The van der Waals surface area contributed by atoms with Gasteiger partial charge >= 0.3 is 5.97 Å². The highest BCUT2D eigenvalue weighted by Gasteiger charge is 2.28. The first kappa shape index (κ1) is 21.2. The van der Waals surface area contributed by atoms with Gasteiger partial charge in [-0.05, 0) is 46.1 Å². The first-order valence-electron chi connectivity index (χ1n) is 9.47. The number of thiophene rings is 1. The quantitative estimate of drug-likeness (QED) is 0.516. The largest absolute Gasteiger partial charge is 0.465 e. The highest BCUT2D eigenvalue weighted by Crippen LogP contribution is 2.35. The molecule has 1 fully saturated rings. The minimum absolute atomic E-state index is 0.110. The summed E-state index contributed by atoms with van der Waals surface area (Å²) >= 11 is 1.37. The van der Waals surface area contributed by atoms with E-state index >= 15 is 0 Å². The molecular weight excluding hydrogens is 358 g/mol. The molecule has 0 unspecified atom stereocenters. The Bertz CT molecular complexity index is 764. The third kappa shape index (κ3) is 5.97. The van der Waals surface area contributed by atoms with Crippen molar-refractivity contribution in [2.75, 3.05) is 12.0 Å². The molecule has 0 bridgehead atoms. The van der Waals surface area contributed by atoms with E-state index in [2.05, 4.69) is 50.5 Å². The van der Waals surface area contributed by atoms with Crippen molar-refractivity contribution in [3.8, 4) is 11.8 Å². The smallest absolute Gasteiger partial charge is 0.350 e. The predicted octanol–water partition coefficient (Wildman–Crippen LogP) is 5.17. The maximum absolute atomic E-state index is 12.4. The van der Waals surface area contributed by atoms with Crippen LogP contribution in [0.5, 0.6) is 0 Å². The van der Waals surface area contributed by atoms with Gasteiger partial charge in [0, 0.05) is 30.5 Å². The molecule has 0 atom stereocenters. The molecule has 0 aliphatic heterocycles. The van der Waals surface area contributed by atoms with Crippen LogP contribution in [0.15, 0.2) is 18.3 Å². The van der Waals surface area contributed by atoms with E-state index in [0.29, 0.717) is 23.5 Å². The summed E-state index contributed by atoms with van der Waals surface area (Å²) in [6.07, 6.45) is 7.80. The van der Waals surface area contributed by atoms with Gasteiger partial charge in [0.25, 0.3) is 0 Å². The summed E-state index contributed by atoms with van der Waals surface area (Å²) < 4.78 is 5.01. The Morgan fingerprint density at radius 1 is 1.37 bits per heavy atom. The summed E-state index contributed by atoms with van der Waals surface area (Å²) in [5.74, 6) is 6.41. The molecule has 1 aliphatic carbocycles. The fourth-order valence-electron chi connectivity index (χ4n) is 2.94. The lowest BCUT2D eigenvalue weighted by Gasteiger charge is -2.33. The van der Waals surface area contributed by atoms with E-state index in [1.165, 1.54) is 18.4 Å². The Morgan fingerprint density at radius 3 is 2.59 bits per heavy atom. The molecule has 1 saturated carbocycles. The van der Waals surface area contributed by atoms with Crippen LogP contribution in [-0.4, -0.2) is 24.9 Å². The van der Waals surface area contributed by atoms with Crippen LogP contribution >= 0.6 is 11.3 Å². The zero-order chi connectivity index (χ0) is 20.0. The van der Waals surface area contributed by atoms with Crippen LogP contribution in [0.4, 0.5) is 5.69 Å². The van der Waals surface area contributed by atoms with Crippen LogP contribution in [0, 0.1) is 17.3 Å². The van der Waals surface area contributed by atoms with E-state index in [0.717, 1.165) is 29.8 Å². The third-order valence-electron chi connectivity index (χ3n) is 4.33. The van der Waals surface area contributed by atoms with E-state index in [-0.39, 0.29) is 17.4 Å². The van der Waals surface area contributed by atoms with Crippen molar-refractivity contribution in [3.63, 3.8) is 0 Å². The van der Waals surface area contributed by atoms with Gasteiger partial charge < -0.3 is 9.64 Å². The molecule has 0 saturated heterocycles. The van der Waals surface area contributed by atoms with Gasteiger partial charge in [0.05, 0.1) is 17.7 Å². The summed E-state index contributed by atoms with van der Waals surface area (Å²) in [5, 5.41) is 0. The number of ether oxygens (including phenoxy) is 1. The average Bonchev–Trinajstić information content (AvgIpc) is 3.04. The zero-order valence-corrected chi connectivity index (χ0v) is 17.7. The molecule has 146 valence electrons. The van der Waals surface area contributed by atoms with Crippen LogP contribution in [0.3, 0.4) is 0 Å². The van der Waals surface area contributed by atoms with Crippen molar-refractivity contribution in [2.45, 2.75) is 65.8 Å². The van der Waals surface area contributed by atoms with E-state index in [9.17, 15) is 9.59 Å². The lowest BCUT2D eigenvalue weighted by Crippen LogP contribution is -2.35. The number of ketones is 1. The normalized spacial score (nSPS) is 15.5. The van der Waals surface area contributed by atoms with Crippen LogP contribution in [0.25, 0.3) is 0 Å². The van der Waals surface area contributed by atoms with Crippen LogP contribution in [-0.2, 0) is 9.53 Å². The number of esters is 1. The lowest BCUT2D eigenvalue weighted by molar-refractivity contribution is -0.120. The minimum Gasteiger partial charge on any atom is -0.465 e. The number of hydrogen-bond acceptors (Lipinski definition) is 5. The molecular formula is C22H29NO3S. The SMILES string of the molecule is CC/C=C\N(c1cc(C#CC(C)(C)C)sc1C(=O)OC)C1CCC(=O)CC1. The molecule has 0 N–H and O–H groups in total. The molecule has 1 aliphatic rings. The topological polar surface area (TPSA) is 46.6 Å². The molecule has 1 heterocycles. The number of hydrogen-bond donors (Lipinski definition) is 0. The van der Waals surface area contributed by atoms with Crippen molar-refractivity contribution in [2.24, 2.45) is 5.41 Å². The Kier molecular flexibility index (Phi) is 7.26. The van der Waals surface area contributed by atoms with Gasteiger partial charge in [-0.1, -0.05) is 24.8 Å². The van der Waals surface area contributed by atoms with Gasteiger partial charge in [0.2, 0.25) is 0 Å². The molecule has 0 radical (unpaired) electrons. The number of allylic oxidation sites excluding steroid dienone is 1. The van der Waals surface area contributed by atoms with Crippen LogP contribution < -0.4 is 4.90 Å². The second-order valence-electron chi connectivity index (χ2n) is 7.79. The third-order valence-corrected chi connectivity index (χ3v) is 5.35. The van der Waals surface area contributed by atoms with Gasteiger partial charge in [0.1, 0.15) is 10.7 Å². The molecule has 0 spiro atoms. The van der Waals surface area contributed by atoms with Gasteiger partial charge in [-0.3, -0.25) is 4.79 Å². The zero-order valence-electron chi connectivity index (χ0n) is 16.9. The van der Waals surface area contributed by atoms with E-state index in [1.54, 1.807) is 0 Å². The summed E-state index contributed by atoms with van der Waals surface area (Å²) in [6.45, 7) is 8.26. The van der Waals surface area contributed by atoms with Crippen LogP contribution in [0.1, 0.15) is 74.3 Å². The Morgan fingerprint density at radius 2 is 2.04 bits per heavy atom. The van der Waals surface area contributed by atoms with Crippen molar-refractivity contribution in [1.82, 2.24) is 0 Å². The van der Waals surface area contributed by atoms with Gasteiger partial charge in [-0.15, -0.1) is 11.3 Å². The Balaban J connectivity index is 2.46. The second-order valence-corrected chi connectivity index (χ2v) is 8.84. The van der Waals surface area contributed by atoms with E-state index < -0.39 is 0 Å². The molecule has 1 aromatic heterocycles. The average molecular weight is 388 g/mol. The maximum Gasteiger partial charge on any atom is 0.350 e. The Labute approximate surface area is 166 Å². The number of methoxy groups -OCH3 is 1. The van der Waals surface area contributed by atoms with Crippen molar-refractivity contribution < 1.29 is 14.3 Å². The minimum atomic E-state index is -0.347. The molecule has 4 nitrogen and oxygen atoms in total. The number of carbonyl (C=O) groups excluding carboxylic acids is 2. The van der Waals surface area contributed by atoms with Crippen molar-refractivity contribution in [3.05, 3.63) is 28.1 Å². The highest BCUT2D eigenvalue weighted by molar-refractivity contribution is 7.15. The molecule has 0 amide bonds. The number of Topliss-reactive ketones (excluding diaryl/α,β-unsaturated/α-hetero) is 1. The standard InChI is InChI=1S/C22H29NO3S/c1-6-7-14-23(16-8-10-17(24)11-9-16)19-15-18(12-13-22(2,3)4)27-20(19)21(25)26-5/h7,14-16H,6,8-11H2,1-5H3/b14-7-. The number of nitrogens with zero attached hydrogens (tertiary/aromatic N) is 1. The fraction of sp³-hybridized carbons (Fsp3) is 0.545. The fourth-order valence-corrected chi connectivity index (χ4v) is 3.87. The van der Waals surface area contributed by atoms with Crippen molar-refractivity contribution in [1.29, 1.82) is 0 Å². The number of carbonyl (C=O) groups is 2. The first-order valence-corrected chi connectivity index (χ1v) is 10.3. The summed E-state index contributed by atoms with van der Waals surface area (Å²) in [4.78, 5) is 27.6. The highest BCUT2D eigenvalue weighted by atomic mass is 32.1. The first-order chi connectivity index (χ1) is 12.7. The summed E-state index contributed by atoms with van der Waals surface area (Å²) in [5.41, 5.74) is 0.718. The number of anilines is 1. The Hall–Kier alpha value is -2.06. The van der Waals surface area contributed by atoms with Gasteiger partial charge in [-0.2, -0.15) is 0 Å². The molecule has 1 aromatic rings. The molecule has 2 rings (SSSR count). The maximum atomic E-state index is 12.4. The monoisotopic (exact) mass is 387 g/mol. The molecule has 5 heteroatoms. The van der Waals surface area contributed by atoms with Crippen LogP contribution in [0.2, 0.25) is 0 Å². The predicted molar refractivity (Wildman–Crippen MR) is 111 cm³/mol. The molecule has 0 aromatic carbocycles. The van der Waals surface area contributed by atoms with Gasteiger partial charge in [0.15, 0.2) is 0 Å². The van der Waals surface area contributed by atoms with E-state index in [1.807, 2.05) is 12.3 Å². The van der Waals surface area contributed by atoms with Crippen molar-refractivity contribution >= 4 is 28.8 Å². The lowest BCUT2D eigenvalue weighted by atomic mass is 9.93. The second kappa shape index (κ2) is 9.23. The number of rotatable bonds is 5. The summed E-state index contributed by atoms with van der Waals surface area (Å²) in [6, 6.07) is 2.18. The van der Waals surface area contributed by atoms with E-state index in [4.69, 9.17) is 4.74 Å². The summed E-state index contributed by atoms with van der Waals surface area (Å²) in [7, 11) is 1.40.